The summed E-state index contributed by atoms with van der Waals surface area (Å²) in [6, 6.07) is 0. The number of nitrogens with zero attached hydrogens (tertiary/aromatic N) is 1. The van der Waals surface area contributed by atoms with E-state index in [0.717, 1.165) is 5.92 Å². The van der Waals surface area contributed by atoms with Gasteiger partial charge in [-0.05, 0) is 17.9 Å². The Labute approximate surface area is 67.0 Å². The second kappa shape index (κ2) is 3.07. The molecule has 2 heteroatoms. The first-order chi connectivity index (χ1) is 5.45. The summed E-state index contributed by atoms with van der Waals surface area (Å²) in [7, 11) is 0. The minimum absolute atomic E-state index is 0.938. The first-order valence-corrected chi connectivity index (χ1v) is 4.43. The van der Waals surface area contributed by atoms with Crippen LogP contribution in [0.5, 0.6) is 0 Å². The van der Waals surface area contributed by atoms with Gasteiger partial charge < -0.3 is 0 Å². The maximum absolute atomic E-state index is 3.94. The quantitative estimate of drug-likeness (QED) is 0.687. The molecule has 0 aliphatic heterocycles. The zero-order chi connectivity index (χ0) is 7.52. The highest BCUT2D eigenvalue weighted by atomic mass is 15.1. The summed E-state index contributed by atoms with van der Waals surface area (Å²) < 4.78 is 0. The molecule has 1 aliphatic rings. The van der Waals surface area contributed by atoms with Gasteiger partial charge in [0.2, 0.25) is 0 Å². The minimum atomic E-state index is 0.938. The predicted octanol–water partition coefficient (Wildman–Crippen LogP) is 2.14. The molecule has 0 aromatic carbocycles. The molecule has 0 bridgehead atoms. The summed E-state index contributed by atoms with van der Waals surface area (Å²) in [5, 5.41) is 6.79. The molecule has 0 saturated heterocycles. The van der Waals surface area contributed by atoms with E-state index in [0.29, 0.717) is 0 Å². The number of rotatable bonds is 2. The van der Waals surface area contributed by atoms with Gasteiger partial charge in [0.15, 0.2) is 0 Å². The van der Waals surface area contributed by atoms with Gasteiger partial charge in [-0.25, -0.2) is 0 Å². The first kappa shape index (κ1) is 6.89. The van der Waals surface area contributed by atoms with Crippen molar-refractivity contribution in [2.45, 2.75) is 32.1 Å². The molecule has 1 aromatic heterocycles. The van der Waals surface area contributed by atoms with Gasteiger partial charge in [0.05, 0.1) is 6.20 Å². The smallest absolute Gasteiger partial charge is 0.0519 e. The molecular weight excluding hydrogens is 136 g/mol. The van der Waals surface area contributed by atoms with E-state index in [1.165, 1.54) is 37.7 Å². The highest BCUT2D eigenvalue weighted by Gasteiger charge is 2.15. The van der Waals surface area contributed by atoms with Gasteiger partial charge in [-0.1, -0.05) is 25.7 Å². The lowest BCUT2D eigenvalue weighted by Crippen LogP contribution is -1.96. The molecule has 1 N–H and O–H groups in total. The van der Waals surface area contributed by atoms with Crippen LogP contribution < -0.4 is 0 Å². The number of H-pyrrole nitrogens is 1. The molecule has 1 aliphatic carbocycles. The van der Waals surface area contributed by atoms with Crippen LogP contribution in [0.3, 0.4) is 0 Å². The van der Waals surface area contributed by atoms with Gasteiger partial charge in [-0.15, -0.1) is 0 Å². The summed E-state index contributed by atoms with van der Waals surface area (Å²) in [5.41, 5.74) is 1.37. The Kier molecular flexibility index (Phi) is 1.93. The summed E-state index contributed by atoms with van der Waals surface area (Å²) in [5.74, 6) is 0.938. The van der Waals surface area contributed by atoms with E-state index in [1.807, 2.05) is 12.4 Å². The molecule has 11 heavy (non-hydrogen) atoms. The molecule has 60 valence electrons. The number of nitrogens with one attached hydrogen (secondary N) is 1. The fourth-order valence-electron chi connectivity index (χ4n) is 1.94. The number of aromatic nitrogens is 2. The largest absolute Gasteiger partial charge is 0.285 e. The van der Waals surface area contributed by atoms with E-state index in [9.17, 15) is 0 Å². The average molecular weight is 150 g/mol. The predicted molar refractivity (Wildman–Crippen MR) is 44.2 cm³/mol. The summed E-state index contributed by atoms with van der Waals surface area (Å²) in [4.78, 5) is 0. The van der Waals surface area contributed by atoms with Gasteiger partial charge in [-0.3, -0.25) is 5.10 Å². The molecule has 0 radical (unpaired) electrons. The SMILES string of the molecule is c1n[nH]cc1CC1CCCC1. The van der Waals surface area contributed by atoms with Crippen molar-refractivity contribution in [3.63, 3.8) is 0 Å². The van der Waals surface area contributed by atoms with Crippen molar-refractivity contribution in [2.75, 3.05) is 0 Å². The van der Waals surface area contributed by atoms with Crippen LogP contribution in [0.25, 0.3) is 0 Å². The summed E-state index contributed by atoms with van der Waals surface area (Å²) in [6.07, 6.45) is 10.9. The third-order valence-electron chi connectivity index (χ3n) is 2.55. The van der Waals surface area contributed by atoms with Crippen LogP contribution in [0.2, 0.25) is 0 Å². The fourth-order valence-corrected chi connectivity index (χ4v) is 1.94. The third-order valence-corrected chi connectivity index (χ3v) is 2.55. The maximum Gasteiger partial charge on any atom is 0.0519 e. The molecule has 0 spiro atoms. The lowest BCUT2D eigenvalue weighted by Gasteiger charge is -2.04. The van der Waals surface area contributed by atoms with Crippen molar-refractivity contribution >= 4 is 0 Å². The van der Waals surface area contributed by atoms with E-state index in [1.54, 1.807) is 0 Å². The van der Waals surface area contributed by atoms with Gasteiger partial charge in [-0.2, -0.15) is 5.10 Å². The molecule has 1 saturated carbocycles. The average Bonchev–Trinajstić information content (AvgIpc) is 2.60. The zero-order valence-electron chi connectivity index (χ0n) is 6.71. The van der Waals surface area contributed by atoms with Gasteiger partial charge >= 0.3 is 0 Å². The van der Waals surface area contributed by atoms with Crippen LogP contribution in [0, 0.1) is 5.92 Å². The van der Waals surface area contributed by atoms with E-state index < -0.39 is 0 Å². The van der Waals surface area contributed by atoms with Gasteiger partial charge in [0.25, 0.3) is 0 Å². The topological polar surface area (TPSA) is 28.7 Å². The Morgan fingerprint density at radius 3 is 2.91 bits per heavy atom. The van der Waals surface area contributed by atoms with E-state index in [4.69, 9.17) is 0 Å². The number of aromatic amines is 1. The molecule has 0 atom stereocenters. The standard InChI is InChI=1S/C9H14N2/c1-2-4-8(3-1)5-9-6-10-11-7-9/h6-8H,1-5H2,(H,10,11). The molecule has 1 aromatic rings. The Morgan fingerprint density at radius 1 is 1.45 bits per heavy atom. The second-order valence-electron chi connectivity index (χ2n) is 3.46. The third kappa shape index (κ3) is 1.62. The summed E-state index contributed by atoms with van der Waals surface area (Å²) >= 11 is 0. The van der Waals surface area contributed by atoms with Crippen LogP contribution in [0.1, 0.15) is 31.2 Å². The fraction of sp³-hybridized carbons (Fsp3) is 0.667. The maximum atomic E-state index is 3.94. The molecule has 1 heterocycles. The monoisotopic (exact) mass is 150 g/mol. The van der Waals surface area contributed by atoms with E-state index in [2.05, 4.69) is 10.2 Å². The molecule has 1 fully saturated rings. The summed E-state index contributed by atoms with van der Waals surface area (Å²) in [6.45, 7) is 0. The number of hydrogen-bond acceptors (Lipinski definition) is 1. The van der Waals surface area contributed by atoms with Crippen molar-refractivity contribution in [2.24, 2.45) is 5.92 Å². The van der Waals surface area contributed by atoms with Gasteiger partial charge in [0.1, 0.15) is 0 Å². The van der Waals surface area contributed by atoms with Crippen molar-refractivity contribution in [1.29, 1.82) is 0 Å². The van der Waals surface area contributed by atoms with Crippen LogP contribution in [-0.4, -0.2) is 10.2 Å². The van der Waals surface area contributed by atoms with E-state index >= 15 is 0 Å². The normalized spacial score (nSPS) is 19.3. The van der Waals surface area contributed by atoms with Gasteiger partial charge in [0, 0.05) is 6.20 Å². The van der Waals surface area contributed by atoms with Crippen LogP contribution in [-0.2, 0) is 6.42 Å². The molecule has 0 unspecified atom stereocenters. The minimum Gasteiger partial charge on any atom is -0.285 e. The van der Waals surface area contributed by atoms with Crippen LogP contribution >= 0.6 is 0 Å². The van der Waals surface area contributed by atoms with Crippen molar-refractivity contribution in [3.8, 4) is 0 Å². The molecule has 0 amide bonds. The Hall–Kier alpha value is -0.790. The Balaban J connectivity index is 1.90. The number of hydrogen-bond donors (Lipinski definition) is 1. The van der Waals surface area contributed by atoms with Crippen molar-refractivity contribution in [1.82, 2.24) is 10.2 Å². The second-order valence-corrected chi connectivity index (χ2v) is 3.46. The highest BCUT2D eigenvalue weighted by molar-refractivity contribution is 5.03. The van der Waals surface area contributed by atoms with Crippen molar-refractivity contribution < 1.29 is 0 Å². The van der Waals surface area contributed by atoms with E-state index in [-0.39, 0.29) is 0 Å². The molecule has 2 nitrogen and oxygen atoms in total. The highest BCUT2D eigenvalue weighted by Crippen LogP contribution is 2.27. The lowest BCUT2D eigenvalue weighted by atomic mass is 10.0. The van der Waals surface area contributed by atoms with Crippen molar-refractivity contribution in [3.05, 3.63) is 18.0 Å². The first-order valence-electron chi connectivity index (χ1n) is 4.43. The Bertz CT molecular complexity index is 197. The molecular formula is C9H14N2. The molecule has 2 rings (SSSR count). The van der Waals surface area contributed by atoms with Crippen LogP contribution in [0.4, 0.5) is 0 Å². The Morgan fingerprint density at radius 2 is 2.27 bits per heavy atom. The zero-order valence-corrected chi connectivity index (χ0v) is 6.71. The lowest BCUT2D eigenvalue weighted by molar-refractivity contribution is 0.546. The van der Waals surface area contributed by atoms with Crippen LogP contribution in [0.15, 0.2) is 12.4 Å².